The Hall–Kier alpha value is -1.53. The fourth-order valence-corrected chi connectivity index (χ4v) is 1.89. The van der Waals surface area contributed by atoms with E-state index < -0.39 is 0 Å². The van der Waals surface area contributed by atoms with Crippen molar-refractivity contribution >= 4 is 38.6 Å². The van der Waals surface area contributed by atoms with Crippen LogP contribution in [0.3, 0.4) is 0 Å². The Bertz CT molecular complexity index is 679. The molecule has 0 amide bonds. The summed E-state index contributed by atoms with van der Waals surface area (Å²) >= 11 is 9.28. The SMILES string of the molecule is Clc1ncnc2c1cnn2-c1ccc(Br)cn1. The summed E-state index contributed by atoms with van der Waals surface area (Å²) < 4.78 is 2.53. The van der Waals surface area contributed by atoms with Gasteiger partial charge >= 0.3 is 0 Å². The maximum absolute atomic E-state index is 5.95. The van der Waals surface area contributed by atoms with Crippen molar-refractivity contribution in [2.24, 2.45) is 0 Å². The Labute approximate surface area is 110 Å². The Kier molecular flexibility index (Phi) is 2.53. The van der Waals surface area contributed by atoms with E-state index in [0.717, 1.165) is 4.47 Å². The van der Waals surface area contributed by atoms with Gasteiger partial charge in [-0.25, -0.2) is 15.0 Å². The molecule has 0 N–H and O–H groups in total. The summed E-state index contributed by atoms with van der Waals surface area (Å²) in [5.74, 6) is 0.679. The first-order valence-corrected chi connectivity index (χ1v) is 5.89. The Morgan fingerprint density at radius 2 is 2.00 bits per heavy atom. The lowest BCUT2D eigenvalue weighted by atomic mass is 10.4. The molecule has 3 aromatic heterocycles. The number of hydrogen-bond acceptors (Lipinski definition) is 4. The van der Waals surface area contributed by atoms with Crippen LogP contribution >= 0.6 is 27.5 Å². The van der Waals surface area contributed by atoms with E-state index in [1.54, 1.807) is 17.1 Å². The molecule has 0 spiro atoms. The molecular formula is C10H5BrClN5. The first kappa shape index (κ1) is 10.6. The van der Waals surface area contributed by atoms with E-state index in [0.29, 0.717) is 22.0 Å². The second-order valence-corrected chi connectivity index (χ2v) is 4.57. The number of hydrogen-bond donors (Lipinski definition) is 0. The van der Waals surface area contributed by atoms with Crippen LogP contribution < -0.4 is 0 Å². The van der Waals surface area contributed by atoms with Crippen LogP contribution in [-0.2, 0) is 0 Å². The van der Waals surface area contributed by atoms with Gasteiger partial charge in [-0.1, -0.05) is 11.6 Å². The predicted octanol–water partition coefficient (Wildman–Crippen LogP) is 2.63. The van der Waals surface area contributed by atoms with E-state index in [4.69, 9.17) is 11.6 Å². The largest absolute Gasteiger partial charge is 0.236 e. The van der Waals surface area contributed by atoms with E-state index in [-0.39, 0.29) is 0 Å². The third-order valence-corrected chi connectivity index (χ3v) is 3.02. The monoisotopic (exact) mass is 309 g/mol. The van der Waals surface area contributed by atoms with Crippen molar-refractivity contribution in [2.75, 3.05) is 0 Å². The van der Waals surface area contributed by atoms with Crippen molar-refractivity contribution in [2.45, 2.75) is 0 Å². The first-order valence-electron chi connectivity index (χ1n) is 4.72. The molecule has 3 rings (SSSR count). The lowest BCUT2D eigenvalue weighted by Crippen LogP contribution is -2.00. The molecule has 0 unspecified atom stereocenters. The fourth-order valence-electron chi connectivity index (χ4n) is 1.48. The van der Waals surface area contributed by atoms with Crippen LogP contribution in [0.5, 0.6) is 0 Å². The minimum atomic E-state index is 0.387. The maximum atomic E-state index is 5.95. The summed E-state index contributed by atoms with van der Waals surface area (Å²) in [6, 6.07) is 3.73. The number of pyridine rings is 1. The normalized spacial score (nSPS) is 10.9. The summed E-state index contributed by atoms with van der Waals surface area (Å²) in [5, 5.41) is 5.30. The molecule has 0 bridgehead atoms. The summed E-state index contributed by atoms with van der Waals surface area (Å²) in [4.78, 5) is 12.3. The molecule has 0 aliphatic heterocycles. The van der Waals surface area contributed by atoms with Gasteiger partial charge in [0.05, 0.1) is 11.6 Å². The van der Waals surface area contributed by atoms with E-state index >= 15 is 0 Å². The number of halogens is 2. The zero-order valence-corrected chi connectivity index (χ0v) is 10.7. The smallest absolute Gasteiger partial charge is 0.169 e. The molecule has 0 saturated heterocycles. The molecule has 0 aromatic carbocycles. The third kappa shape index (κ3) is 1.79. The molecular weight excluding hydrogens is 306 g/mol. The molecule has 7 heteroatoms. The molecule has 84 valence electrons. The van der Waals surface area contributed by atoms with Crippen LogP contribution in [0, 0.1) is 0 Å². The highest BCUT2D eigenvalue weighted by atomic mass is 79.9. The zero-order valence-electron chi connectivity index (χ0n) is 8.38. The van der Waals surface area contributed by atoms with E-state index in [1.165, 1.54) is 6.33 Å². The van der Waals surface area contributed by atoms with Gasteiger partial charge in [0.1, 0.15) is 11.5 Å². The lowest BCUT2D eigenvalue weighted by molar-refractivity contribution is 0.860. The van der Waals surface area contributed by atoms with Crippen LogP contribution in [0.4, 0.5) is 0 Å². The summed E-state index contributed by atoms with van der Waals surface area (Å²) in [6.45, 7) is 0. The van der Waals surface area contributed by atoms with Crippen LogP contribution in [0.15, 0.2) is 35.3 Å². The number of nitrogens with zero attached hydrogens (tertiary/aromatic N) is 5. The van der Waals surface area contributed by atoms with Gasteiger partial charge in [-0.05, 0) is 28.1 Å². The molecule has 3 aromatic rings. The quantitative estimate of drug-likeness (QED) is 0.648. The standard InChI is InChI=1S/C10H5BrClN5/c11-6-1-2-8(13-3-6)17-10-7(4-16-17)9(12)14-5-15-10/h1-5H. The van der Waals surface area contributed by atoms with Crippen LogP contribution in [-0.4, -0.2) is 24.7 Å². The van der Waals surface area contributed by atoms with Crippen molar-refractivity contribution in [1.82, 2.24) is 24.7 Å². The minimum Gasteiger partial charge on any atom is -0.236 e. The van der Waals surface area contributed by atoms with Crippen molar-refractivity contribution in [1.29, 1.82) is 0 Å². The summed E-state index contributed by atoms with van der Waals surface area (Å²) in [6.07, 6.45) is 4.73. The van der Waals surface area contributed by atoms with Gasteiger partial charge in [0.15, 0.2) is 11.5 Å². The minimum absolute atomic E-state index is 0.387. The summed E-state index contributed by atoms with van der Waals surface area (Å²) in [5.41, 5.74) is 0.639. The highest BCUT2D eigenvalue weighted by Crippen LogP contribution is 2.20. The van der Waals surface area contributed by atoms with Crippen molar-refractivity contribution in [3.05, 3.63) is 40.5 Å². The van der Waals surface area contributed by atoms with E-state index in [2.05, 4.69) is 36.0 Å². The van der Waals surface area contributed by atoms with Crippen molar-refractivity contribution in [3.8, 4) is 5.82 Å². The highest BCUT2D eigenvalue weighted by Gasteiger charge is 2.09. The summed E-state index contributed by atoms with van der Waals surface area (Å²) in [7, 11) is 0. The molecule has 0 radical (unpaired) electrons. The van der Waals surface area contributed by atoms with Gasteiger partial charge in [0.25, 0.3) is 0 Å². The maximum Gasteiger partial charge on any atom is 0.169 e. The average Bonchev–Trinajstić information content (AvgIpc) is 2.75. The van der Waals surface area contributed by atoms with Crippen LogP contribution in [0.2, 0.25) is 5.15 Å². The number of aromatic nitrogens is 5. The van der Waals surface area contributed by atoms with Gasteiger partial charge in [-0.2, -0.15) is 9.78 Å². The molecule has 0 aliphatic carbocycles. The second kappa shape index (κ2) is 4.05. The van der Waals surface area contributed by atoms with Gasteiger partial charge in [0.2, 0.25) is 0 Å². The van der Waals surface area contributed by atoms with Crippen LogP contribution in [0.25, 0.3) is 16.9 Å². The third-order valence-electron chi connectivity index (χ3n) is 2.25. The van der Waals surface area contributed by atoms with E-state index in [1.807, 2.05) is 12.1 Å². The zero-order chi connectivity index (χ0) is 11.8. The van der Waals surface area contributed by atoms with Gasteiger partial charge in [-0.3, -0.25) is 0 Å². The Morgan fingerprint density at radius 1 is 1.12 bits per heavy atom. The lowest BCUT2D eigenvalue weighted by Gasteiger charge is -2.01. The Morgan fingerprint density at radius 3 is 2.76 bits per heavy atom. The van der Waals surface area contributed by atoms with Crippen LogP contribution in [0.1, 0.15) is 0 Å². The van der Waals surface area contributed by atoms with Gasteiger partial charge in [-0.15, -0.1) is 0 Å². The molecule has 17 heavy (non-hydrogen) atoms. The number of fused-ring (bicyclic) bond motifs is 1. The van der Waals surface area contributed by atoms with Gasteiger partial charge < -0.3 is 0 Å². The topological polar surface area (TPSA) is 56.5 Å². The fraction of sp³-hybridized carbons (Fsp3) is 0. The predicted molar refractivity (Wildman–Crippen MR) is 67.2 cm³/mol. The molecule has 3 heterocycles. The Balaban J connectivity index is 2.24. The molecule has 0 fully saturated rings. The van der Waals surface area contributed by atoms with E-state index in [9.17, 15) is 0 Å². The average molecular weight is 311 g/mol. The first-order chi connectivity index (χ1) is 8.25. The molecule has 0 atom stereocenters. The molecule has 0 saturated carbocycles. The van der Waals surface area contributed by atoms with Crippen molar-refractivity contribution in [3.63, 3.8) is 0 Å². The number of rotatable bonds is 1. The molecule has 5 nitrogen and oxygen atoms in total. The second-order valence-electron chi connectivity index (χ2n) is 3.29. The molecule has 0 aliphatic rings. The van der Waals surface area contributed by atoms with Gasteiger partial charge in [0, 0.05) is 10.7 Å². The van der Waals surface area contributed by atoms with Crippen molar-refractivity contribution < 1.29 is 0 Å². The highest BCUT2D eigenvalue weighted by molar-refractivity contribution is 9.10.